The van der Waals surface area contributed by atoms with E-state index in [1.54, 1.807) is 26.0 Å². The smallest absolute Gasteiger partial charge is 0.276 e. The molecule has 0 heterocycles. The van der Waals surface area contributed by atoms with Gasteiger partial charge in [0.15, 0.2) is 0 Å². The molecule has 1 aromatic rings. The molecule has 0 atom stereocenters. The van der Waals surface area contributed by atoms with Gasteiger partial charge in [0.2, 0.25) is 11.8 Å². The van der Waals surface area contributed by atoms with Crippen molar-refractivity contribution in [2.75, 3.05) is 6.54 Å². The summed E-state index contributed by atoms with van der Waals surface area (Å²) < 4.78 is 0. The predicted octanol–water partition coefficient (Wildman–Crippen LogP) is 1.24. The Morgan fingerprint density at radius 2 is 2.00 bits per heavy atom. The molecule has 21 heavy (non-hydrogen) atoms. The number of carbonyl (C=O) groups is 2. The highest BCUT2D eigenvalue weighted by atomic mass is 16.6. The second kappa shape index (κ2) is 6.65. The van der Waals surface area contributed by atoms with Gasteiger partial charge in [-0.3, -0.25) is 19.7 Å². The van der Waals surface area contributed by atoms with Crippen LogP contribution in [0.3, 0.4) is 0 Å². The molecule has 0 radical (unpaired) electrons. The van der Waals surface area contributed by atoms with E-state index >= 15 is 0 Å². The van der Waals surface area contributed by atoms with Gasteiger partial charge in [0, 0.05) is 18.7 Å². The molecule has 0 fully saturated rings. The minimum absolute atomic E-state index is 0.0842. The Hall–Kier alpha value is -2.70. The lowest BCUT2D eigenvalue weighted by atomic mass is 9.93. The van der Waals surface area contributed by atoms with Crippen LogP contribution in [-0.4, -0.2) is 23.3 Å². The van der Waals surface area contributed by atoms with E-state index in [4.69, 9.17) is 5.73 Å². The van der Waals surface area contributed by atoms with Crippen LogP contribution in [0, 0.1) is 15.5 Å². The van der Waals surface area contributed by atoms with Crippen molar-refractivity contribution in [3.63, 3.8) is 0 Å². The molecular formula is C14H17N3O4. The van der Waals surface area contributed by atoms with Crippen LogP contribution in [0.1, 0.15) is 19.4 Å². The summed E-state index contributed by atoms with van der Waals surface area (Å²) >= 11 is 0. The number of hydrogen-bond donors (Lipinski definition) is 2. The number of nitrogens with zero attached hydrogens (tertiary/aromatic N) is 1. The molecule has 0 unspecified atom stereocenters. The monoisotopic (exact) mass is 291 g/mol. The molecule has 0 aliphatic heterocycles. The quantitative estimate of drug-likeness (QED) is 0.466. The van der Waals surface area contributed by atoms with E-state index in [-0.39, 0.29) is 12.2 Å². The first-order valence-corrected chi connectivity index (χ1v) is 6.23. The molecule has 0 aromatic heterocycles. The van der Waals surface area contributed by atoms with Crippen molar-refractivity contribution in [1.29, 1.82) is 0 Å². The SMILES string of the molecule is CC(C)(CNC(=O)/C=C/c1ccccc1[N+](=O)[O-])C(N)=O. The first-order valence-electron chi connectivity index (χ1n) is 6.23. The topological polar surface area (TPSA) is 115 Å². The summed E-state index contributed by atoms with van der Waals surface area (Å²) in [6, 6.07) is 6.08. The van der Waals surface area contributed by atoms with Gasteiger partial charge in [-0.05, 0) is 26.0 Å². The summed E-state index contributed by atoms with van der Waals surface area (Å²) in [6.45, 7) is 3.31. The fourth-order valence-electron chi connectivity index (χ4n) is 1.41. The first-order chi connectivity index (χ1) is 9.74. The third-order valence-corrected chi connectivity index (χ3v) is 2.92. The van der Waals surface area contributed by atoms with Crippen LogP contribution in [-0.2, 0) is 9.59 Å². The molecule has 7 heteroatoms. The second-order valence-electron chi connectivity index (χ2n) is 5.12. The van der Waals surface area contributed by atoms with Gasteiger partial charge < -0.3 is 11.1 Å². The fraction of sp³-hybridized carbons (Fsp3) is 0.286. The number of nitro benzene ring substituents is 1. The average Bonchev–Trinajstić information content (AvgIpc) is 2.43. The van der Waals surface area contributed by atoms with Gasteiger partial charge >= 0.3 is 0 Å². The zero-order chi connectivity index (χ0) is 16.0. The van der Waals surface area contributed by atoms with Gasteiger partial charge in [0.1, 0.15) is 0 Å². The summed E-state index contributed by atoms with van der Waals surface area (Å²) in [5, 5.41) is 13.3. The van der Waals surface area contributed by atoms with Gasteiger partial charge in [-0.2, -0.15) is 0 Å². The molecule has 0 bridgehead atoms. The largest absolute Gasteiger partial charge is 0.369 e. The molecule has 1 rings (SSSR count). The lowest BCUT2D eigenvalue weighted by Gasteiger charge is -2.19. The van der Waals surface area contributed by atoms with Gasteiger partial charge in [0.05, 0.1) is 15.9 Å². The Bertz CT molecular complexity index is 594. The van der Waals surface area contributed by atoms with Crippen molar-refractivity contribution >= 4 is 23.6 Å². The summed E-state index contributed by atoms with van der Waals surface area (Å²) in [6.07, 6.45) is 2.53. The molecular weight excluding hydrogens is 274 g/mol. The number of para-hydroxylation sites is 1. The summed E-state index contributed by atoms with van der Waals surface area (Å²) in [5.41, 5.74) is 4.57. The van der Waals surface area contributed by atoms with Gasteiger partial charge in [-0.25, -0.2) is 0 Å². The lowest BCUT2D eigenvalue weighted by Crippen LogP contribution is -2.41. The molecule has 0 spiro atoms. The van der Waals surface area contributed by atoms with Crippen molar-refractivity contribution in [3.8, 4) is 0 Å². The van der Waals surface area contributed by atoms with Crippen LogP contribution in [0.15, 0.2) is 30.3 Å². The van der Waals surface area contributed by atoms with Crippen LogP contribution in [0.5, 0.6) is 0 Å². The molecule has 112 valence electrons. The molecule has 1 aromatic carbocycles. The maximum absolute atomic E-state index is 11.6. The number of nitrogens with two attached hydrogens (primary N) is 1. The van der Waals surface area contributed by atoms with Crippen molar-refractivity contribution in [1.82, 2.24) is 5.32 Å². The summed E-state index contributed by atoms with van der Waals surface area (Å²) in [4.78, 5) is 33.1. The standard InChI is InChI=1S/C14H17N3O4/c1-14(2,13(15)19)9-16-12(18)8-7-10-5-3-4-6-11(10)17(20)21/h3-8H,9H2,1-2H3,(H2,15,19)(H,16,18)/b8-7+. The van der Waals surface area contributed by atoms with Gasteiger partial charge in [0.25, 0.3) is 5.69 Å². The number of rotatable bonds is 6. The number of nitro groups is 1. The van der Waals surface area contributed by atoms with Crippen LogP contribution in [0.25, 0.3) is 6.08 Å². The van der Waals surface area contributed by atoms with Gasteiger partial charge in [-0.15, -0.1) is 0 Å². The van der Waals surface area contributed by atoms with E-state index in [1.807, 2.05) is 0 Å². The predicted molar refractivity (Wildman–Crippen MR) is 78.1 cm³/mol. The molecule has 3 N–H and O–H groups in total. The van der Waals surface area contributed by atoms with E-state index in [2.05, 4.69) is 5.32 Å². The van der Waals surface area contributed by atoms with Crippen molar-refractivity contribution in [2.45, 2.75) is 13.8 Å². The Morgan fingerprint density at radius 3 is 2.57 bits per heavy atom. The minimum Gasteiger partial charge on any atom is -0.369 e. The lowest BCUT2D eigenvalue weighted by molar-refractivity contribution is -0.385. The third-order valence-electron chi connectivity index (χ3n) is 2.92. The summed E-state index contributed by atoms with van der Waals surface area (Å²) in [7, 11) is 0. The molecule has 2 amide bonds. The number of carbonyl (C=O) groups excluding carboxylic acids is 2. The van der Waals surface area contributed by atoms with Crippen molar-refractivity contribution < 1.29 is 14.5 Å². The highest BCUT2D eigenvalue weighted by Crippen LogP contribution is 2.18. The Morgan fingerprint density at radius 1 is 1.38 bits per heavy atom. The Kier molecular flexibility index (Phi) is 5.18. The molecule has 0 aliphatic rings. The normalized spacial score (nSPS) is 11.3. The maximum Gasteiger partial charge on any atom is 0.276 e. The summed E-state index contributed by atoms with van der Waals surface area (Å²) in [5.74, 6) is -0.979. The highest BCUT2D eigenvalue weighted by molar-refractivity contribution is 5.92. The molecule has 7 nitrogen and oxygen atoms in total. The van der Waals surface area contributed by atoms with E-state index in [9.17, 15) is 19.7 Å². The Balaban J connectivity index is 2.72. The van der Waals surface area contributed by atoms with Crippen molar-refractivity contribution in [3.05, 3.63) is 46.0 Å². The zero-order valence-corrected chi connectivity index (χ0v) is 11.8. The molecule has 0 aliphatic carbocycles. The number of nitrogens with one attached hydrogen (secondary N) is 1. The second-order valence-corrected chi connectivity index (χ2v) is 5.12. The fourth-order valence-corrected chi connectivity index (χ4v) is 1.41. The van der Waals surface area contributed by atoms with E-state index in [0.717, 1.165) is 0 Å². The van der Waals surface area contributed by atoms with E-state index in [1.165, 1.54) is 24.3 Å². The number of benzene rings is 1. The van der Waals surface area contributed by atoms with Crippen LogP contribution in [0.2, 0.25) is 0 Å². The highest BCUT2D eigenvalue weighted by Gasteiger charge is 2.24. The van der Waals surface area contributed by atoms with Crippen LogP contribution in [0.4, 0.5) is 5.69 Å². The Labute approximate surface area is 122 Å². The van der Waals surface area contributed by atoms with Crippen LogP contribution < -0.4 is 11.1 Å². The van der Waals surface area contributed by atoms with Crippen molar-refractivity contribution in [2.24, 2.45) is 11.1 Å². The number of amides is 2. The first kappa shape index (κ1) is 16.4. The molecule has 0 saturated heterocycles. The van der Waals surface area contributed by atoms with Crippen LogP contribution >= 0.6 is 0 Å². The number of primary amides is 1. The van der Waals surface area contributed by atoms with E-state index < -0.39 is 22.2 Å². The van der Waals surface area contributed by atoms with Gasteiger partial charge in [-0.1, -0.05) is 12.1 Å². The minimum atomic E-state index is -0.859. The number of hydrogen-bond acceptors (Lipinski definition) is 4. The third kappa shape index (κ3) is 4.72. The maximum atomic E-state index is 11.6. The van der Waals surface area contributed by atoms with E-state index in [0.29, 0.717) is 5.56 Å². The average molecular weight is 291 g/mol. The zero-order valence-electron chi connectivity index (χ0n) is 11.8. The molecule has 0 saturated carbocycles.